The van der Waals surface area contributed by atoms with Gasteiger partial charge in [-0.15, -0.1) is 0 Å². The van der Waals surface area contributed by atoms with Gasteiger partial charge in [-0.1, -0.05) is 114 Å². The van der Waals surface area contributed by atoms with Crippen LogP contribution in [0.25, 0.3) is 0 Å². The lowest BCUT2D eigenvalue weighted by Crippen LogP contribution is -2.10. The normalized spacial score (nSPS) is 11.3. The van der Waals surface area contributed by atoms with Crippen molar-refractivity contribution < 1.29 is 28.5 Å². The Labute approximate surface area is 367 Å². The summed E-state index contributed by atoms with van der Waals surface area (Å²) in [6.07, 6.45) is 18.2. The van der Waals surface area contributed by atoms with Gasteiger partial charge >= 0.3 is 11.9 Å². The summed E-state index contributed by atoms with van der Waals surface area (Å²) in [5.74, 6) is 0.760. The summed E-state index contributed by atoms with van der Waals surface area (Å²) in [5, 5.41) is 0.195. The van der Waals surface area contributed by atoms with Crippen LogP contribution in [0.4, 0.5) is 11.4 Å². The molecule has 5 aromatic rings. The maximum absolute atomic E-state index is 13.1. The van der Waals surface area contributed by atoms with Crippen molar-refractivity contribution in [3.63, 3.8) is 0 Å². The average Bonchev–Trinajstić information content (AvgIpc) is 3.26. The number of ether oxygens (including phenoxy) is 4. The van der Waals surface area contributed by atoms with Crippen molar-refractivity contribution in [3.05, 3.63) is 142 Å². The highest BCUT2D eigenvalue weighted by molar-refractivity contribution is 6.32. The number of nitrogens with zero attached hydrogens (tertiary/aromatic N) is 2. The highest BCUT2D eigenvalue weighted by Gasteiger charge is 2.15. The third-order valence-electron chi connectivity index (χ3n) is 10.2. The van der Waals surface area contributed by atoms with Crippen LogP contribution >= 0.6 is 11.6 Å². The van der Waals surface area contributed by atoms with Gasteiger partial charge in [0.15, 0.2) is 5.75 Å². The molecule has 0 unspecified atom stereocenters. The number of benzene rings is 5. The highest BCUT2D eigenvalue weighted by Crippen LogP contribution is 2.31. The Bertz CT molecular complexity index is 2220. The van der Waals surface area contributed by atoms with Gasteiger partial charge in [-0.2, -0.15) is 0 Å². The molecule has 0 spiro atoms. The Balaban J connectivity index is 1.08. The van der Waals surface area contributed by atoms with Crippen molar-refractivity contribution in [1.29, 1.82) is 0 Å². The first-order valence-corrected chi connectivity index (χ1v) is 22.1. The minimum absolute atomic E-state index is 0.0664. The first kappa shape index (κ1) is 46.3. The molecule has 0 aliphatic heterocycles. The van der Waals surface area contributed by atoms with E-state index >= 15 is 0 Å². The number of unbranched alkanes of at least 4 members (excludes halogenated alkanes) is 10. The Morgan fingerprint density at radius 3 is 1.39 bits per heavy atom. The molecule has 0 amide bonds. The van der Waals surface area contributed by atoms with Gasteiger partial charge < -0.3 is 18.9 Å². The van der Waals surface area contributed by atoms with E-state index in [1.807, 2.05) is 50.2 Å². The fourth-order valence-corrected chi connectivity index (χ4v) is 6.67. The number of rotatable bonds is 24. The summed E-state index contributed by atoms with van der Waals surface area (Å²) in [4.78, 5) is 35.4. The lowest BCUT2D eigenvalue weighted by Gasteiger charge is -2.10. The molecule has 320 valence electrons. The molecule has 61 heavy (non-hydrogen) atoms. The monoisotopic (exact) mass is 842 g/mol. The summed E-state index contributed by atoms with van der Waals surface area (Å²) in [7, 11) is 0. The number of carbonyl (C=O) groups is 2. The molecule has 9 heteroatoms. The number of aliphatic imine (C=N–C) groups is 2. The van der Waals surface area contributed by atoms with Crippen molar-refractivity contribution in [1.82, 2.24) is 0 Å². The standard InChI is InChI=1S/C52H59ClN2O6/c1-5-7-9-11-13-15-31-58-44-26-29-48(38(3)33-44)54-36-40-17-21-42(22-18-40)51(56)60-46-25-28-47(53)50(35-46)61-52(57)43-23-19-41(20-24-43)37-55-49-30-27-45(34-39(49)4)59-32-16-14-12-10-8-6-2/h17-30,33-37H,5-16,31-32H2,1-4H3. The number of esters is 2. The van der Waals surface area contributed by atoms with Crippen molar-refractivity contribution in [2.45, 2.75) is 105 Å². The van der Waals surface area contributed by atoms with Gasteiger partial charge in [-0.25, -0.2) is 9.59 Å². The third kappa shape index (κ3) is 15.7. The van der Waals surface area contributed by atoms with E-state index in [9.17, 15) is 9.59 Å². The molecule has 0 atom stereocenters. The van der Waals surface area contributed by atoms with Gasteiger partial charge in [-0.05, 0) is 122 Å². The summed E-state index contributed by atoms with van der Waals surface area (Å²) in [6.45, 7) is 9.91. The topological polar surface area (TPSA) is 95.8 Å². The summed E-state index contributed by atoms with van der Waals surface area (Å²) >= 11 is 6.37. The molecular formula is C52H59ClN2O6. The van der Waals surface area contributed by atoms with Gasteiger partial charge in [0.05, 0.1) is 40.7 Å². The molecule has 0 aliphatic carbocycles. The largest absolute Gasteiger partial charge is 0.494 e. The number of hydrogen-bond acceptors (Lipinski definition) is 8. The van der Waals surface area contributed by atoms with Crippen LogP contribution in [-0.4, -0.2) is 37.6 Å². The second-order valence-corrected chi connectivity index (χ2v) is 15.7. The molecule has 8 nitrogen and oxygen atoms in total. The zero-order chi connectivity index (χ0) is 43.2. The fraction of sp³-hybridized carbons (Fsp3) is 0.346. The molecule has 0 bridgehead atoms. The van der Waals surface area contributed by atoms with E-state index < -0.39 is 11.9 Å². The van der Waals surface area contributed by atoms with Gasteiger partial charge in [0, 0.05) is 18.5 Å². The lowest BCUT2D eigenvalue weighted by atomic mass is 10.1. The molecule has 5 aromatic carbocycles. The quantitative estimate of drug-likeness (QED) is 0.0266. The van der Waals surface area contributed by atoms with Crippen LogP contribution in [-0.2, 0) is 0 Å². The predicted molar refractivity (Wildman–Crippen MR) is 249 cm³/mol. The molecule has 0 radical (unpaired) electrons. The SMILES string of the molecule is CCCCCCCCOc1ccc(N=Cc2ccc(C(=O)Oc3ccc(Cl)c(OC(=O)c4ccc(C=Nc5ccc(OCCCCCCCC)cc5C)cc4)c3)cc2)c(C)c1. The molecule has 0 saturated carbocycles. The number of aryl methyl sites for hydroxylation is 2. The zero-order valence-electron chi connectivity index (χ0n) is 36.1. The minimum atomic E-state index is -0.610. The van der Waals surface area contributed by atoms with Gasteiger partial charge in [-0.3, -0.25) is 9.98 Å². The van der Waals surface area contributed by atoms with Gasteiger partial charge in [0.1, 0.15) is 17.2 Å². The van der Waals surface area contributed by atoms with Crippen LogP contribution < -0.4 is 18.9 Å². The van der Waals surface area contributed by atoms with E-state index in [0.717, 1.165) is 64.6 Å². The molecule has 0 N–H and O–H groups in total. The number of hydrogen-bond donors (Lipinski definition) is 0. The Morgan fingerprint density at radius 2 is 0.934 bits per heavy atom. The maximum atomic E-state index is 13.1. The second kappa shape index (κ2) is 25.1. The number of carbonyl (C=O) groups excluding carboxylic acids is 2. The summed E-state index contributed by atoms with van der Waals surface area (Å²) in [5.41, 5.74) is 6.01. The predicted octanol–water partition coefficient (Wildman–Crippen LogP) is 14.4. The Kier molecular flexibility index (Phi) is 19.1. The third-order valence-corrected chi connectivity index (χ3v) is 10.5. The maximum Gasteiger partial charge on any atom is 0.343 e. The molecule has 0 heterocycles. The summed E-state index contributed by atoms with van der Waals surface area (Å²) in [6, 6.07) is 30.1. The van der Waals surface area contributed by atoms with E-state index in [2.05, 4.69) is 23.8 Å². The van der Waals surface area contributed by atoms with E-state index in [1.54, 1.807) is 67.0 Å². The zero-order valence-corrected chi connectivity index (χ0v) is 36.8. The van der Waals surface area contributed by atoms with Gasteiger partial charge in [0.25, 0.3) is 0 Å². The molecule has 0 aromatic heterocycles. The van der Waals surface area contributed by atoms with Crippen LogP contribution in [0, 0.1) is 13.8 Å². The first-order valence-electron chi connectivity index (χ1n) is 21.7. The molecule has 0 saturated heterocycles. The minimum Gasteiger partial charge on any atom is -0.494 e. The van der Waals surface area contributed by atoms with Crippen LogP contribution in [0.5, 0.6) is 23.0 Å². The van der Waals surface area contributed by atoms with E-state index in [0.29, 0.717) is 17.7 Å². The molecule has 0 fully saturated rings. The summed E-state index contributed by atoms with van der Waals surface area (Å²) < 4.78 is 23.1. The van der Waals surface area contributed by atoms with E-state index in [-0.39, 0.29) is 16.5 Å². The molecule has 5 rings (SSSR count). The second-order valence-electron chi connectivity index (χ2n) is 15.3. The fourth-order valence-electron chi connectivity index (χ4n) is 6.52. The van der Waals surface area contributed by atoms with Crippen molar-refractivity contribution in [2.75, 3.05) is 13.2 Å². The Morgan fingerprint density at radius 1 is 0.508 bits per heavy atom. The van der Waals surface area contributed by atoms with Crippen LogP contribution in [0.1, 0.15) is 134 Å². The van der Waals surface area contributed by atoms with Crippen LogP contribution in [0.2, 0.25) is 5.02 Å². The molecular weight excluding hydrogens is 784 g/mol. The first-order chi connectivity index (χ1) is 29.7. The number of halogens is 1. The highest BCUT2D eigenvalue weighted by atomic mass is 35.5. The van der Waals surface area contributed by atoms with Crippen LogP contribution in [0.15, 0.2) is 113 Å². The van der Waals surface area contributed by atoms with Crippen LogP contribution in [0.3, 0.4) is 0 Å². The van der Waals surface area contributed by atoms with E-state index in [1.165, 1.54) is 76.3 Å². The molecule has 0 aliphatic rings. The average molecular weight is 844 g/mol. The lowest BCUT2D eigenvalue weighted by molar-refractivity contribution is 0.0733. The van der Waals surface area contributed by atoms with Crippen molar-refractivity contribution >= 4 is 47.3 Å². The van der Waals surface area contributed by atoms with Crippen molar-refractivity contribution in [2.24, 2.45) is 9.98 Å². The van der Waals surface area contributed by atoms with Crippen molar-refractivity contribution in [3.8, 4) is 23.0 Å². The Hall–Kier alpha value is -5.73. The smallest absolute Gasteiger partial charge is 0.343 e. The van der Waals surface area contributed by atoms with Gasteiger partial charge in [0.2, 0.25) is 0 Å². The van der Waals surface area contributed by atoms with E-state index in [4.69, 9.17) is 30.5 Å².